The van der Waals surface area contributed by atoms with Crippen molar-refractivity contribution in [2.75, 3.05) is 0 Å². The molecule has 122 valence electrons. The van der Waals surface area contributed by atoms with Crippen molar-refractivity contribution in [2.24, 2.45) is 0 Å². The summed E-state index contributed by atoms with van der Waals surface area (Å²) in [5.41, 5.74) is 1.28. The van der Waals surface area contributed by atoms with Gasteiger partial charge in [-0.15, -0.1) is 0 Å². The van der Waals surface area contributed by atoms with E-state index in [9.17, 15) is 10.2 Å². The average molecular weight is 302 g/mol. The third-order valence-electron chi connectivity index (χ3n) is 5.81. The third kappa shape index (κ3) is 3.72. The molecule has 0 aromatic heterocycles. The molecule has 2 aliphatic rings. The predicted octanol–water partition coefficient (Wildman–Crippen LogP) is 4.47. The minimum atomic E-state index is -0.615. The van der Waals surface area contributed by atoms with Gasteiger partial charge in [-0.05, 0) is 49.7 Å². The molecule has 0 atom stereocenters. The maximum Gasteiger partial charge on any atom is 0.0896 e. The second kappa shape index (κ2) is 6.72. The molecule has 2 nitrogen and oxygen atoms in total. The lowest BCUT2D eigenvalue weighted by Gasteiger charge is -2.33. The van der Waals surface area contributed by atoms with E-state index in [1.807, 2.05) is 0 Å². The lowest BCUT2D eigenvalue weighted by atomic mass is 9.78. The first kappa shape index (κ1) is 16.0. The van der Waals surface area contributed by atoms with Crippen LogP contribution in [0.15, 0.2) is 24.3 Å². The number of aryl methyl sites for hydroxylation is 1. The minimum absolute atomic E-state index is 0.448. The Kier molecular flexibility index (Phi) is 4.89. The molecule has 0 unspecified atom stereocenters. The van der Waals surface area contributed by atoms with Gasteiger partial charge in [-0.2, -0.15) is 0 Å². The summed E-state index contributed by atoms with van der Waals surface area (Å²) >= 11 is 0. The summed E-state index contributed by atoms with van der Waals surface area (Å²) in [6.07, 6.45) is 12.6. The lowest BCUT2D eigenvalue weighted by molar-refractivity contribution is -0.00378. The molecule has 0 spiro atoms. The Bertz CT molecular complexity index is 482. The standard InChI is InChI=1S/C20H30O2/c21-19(11-3-1-4-12-19)15-10-17-8-7-9-18(16-17)20(22)13-5-2-6-14-20/h7-9,16,21-22H,1-6,10-15H2. The van der Waals surface area contributed by atoms with E-state index in [-0.39, 0.29) is 0 Å². The van der Waals surface area contributed by atoms with Crippen LogP contribution in [0.3, 0.4) is 0 Å². The van der Waals surface area contributed by atoms with Crippen LogP contribution >= 0.6 is 0 Å². The number of aliphatic hydroxyl groups is 2. The molecular formula is C20H30O2. The van der Waals surface area contributed by atoms with Crippen LogP contribution < -0.4 is 0 Å². The van der Waals surface area contributed by atoms with Gasteiger partial charge in [0.1, 0.15) is 0 Å². The van der Waals surface area contributed by atoms with Gasteiger partial charge in [0.2, 0.25) is 0 Å². The van der Waals surface area contributed by atoms with Crippen LogP contribution in [0.1, 0.15) is 81.8 Å². The predicted molar refractivity (Wildman–Crippen MR) is 89.8 cm³/mol. The van der Waals surface area contributed by atoms with E-state index < -0.39 is 11.2 Å². The Labute approximate surface area is 134 Å². The number of hydrogen-bond donors (Lipinski definition) is 2. The molecule has 0 heterocycles. The van der Waals surface area contributed by atoms with Crippen molar-refractivity contribution < 1.29 is 10.2 Å². The van der Waals surface area contributed by atoms with Crippen molar-refractivity contribution in [1.82, 2.24) is 0 Å². The normalized spacial score (nSPS) is 24.1. The topological polar surface area (TPSA) is 40.5 Å². The van der Waals surface area contributed by atoms with Crippen LogP contribution in [0.2, 0.25) is 0 Å². The van der Waals surface area contributed by atoms with Gasteiger partial charge in [0.15, 0.2) is 0 Å². The SMILES string of the molecule is OC1(CCc2cccc(C3(O)CCCCC3)c2)CCCCC1. The molecule has 1 aromatic carbocycles. The Morgan fingerprint density at radius 3 is 2.14 bits per heavy atom. The second-order valence-corrected chi connectivity index (χ2v) is 7.58. The summed E-state index contributed by atoms with van der Waals surface area (Å²) < 4.78 is 0. The fraction of sp³-hybridized carbons (Fsp3) is 0.700. The van der Waals surface area contributed by atoms with Gasteiger partial charge in [-0.3, -0.25) is 0 Å². The minimum Gasteiger partial charge on any atom is -0.390 e. The van der Waals surface area contributed by atoms with E-state index in [0.717, 1.165) is 69.8 Å². The van der Waals surface area contributed by atoms with Crippen LogP contribution in [0.4, 0.5) is 0 Å². The van der Waals surface area contributed by atoms with Gasteiger partial charge >= 0.3 is 0 Å². The van der Waals surface area contributed by atoms with Gasteiger partial charge < -0.3 is 10.2 Å². The first-order valence-electron chi connectivity index (χ1n) is 9.14. The molecule has 0 amide bonds. The summed E-state index contributed by atoms with van der Waals surface area (Å²) in [6.45, 7) is 0. The zero-order valence-electron chi connectivity index (χ0n) is 13.7. The second-order valence-electron chi connectivity index (χ2n) is 7.58. The highest BCUT2D eigenvalue weighted by molar-refractivity contribution is 5.29. The van der Waals surface area contributed by atoms with Crippen molar-refractivity contribution >= 4 is 0 Å². The zero-order chi connectivity index (χ0) is 15.5. The zero-order valence-corrected chi connectivity index (χ0v) is 13.7. The average Bonchev–Trinajstić information content (AvgIpc) is 2.55. The molecule has 2 saturated carbocycles. The molecule has 1 aromatic rings. The maximum atomic E-state index is 10.9. The van der Waals surface area contributed by atoms with E-state index in [2.05, 4.69) is 24.3 Å². The fourth-order valence-corrected chi connectivity index (χ4v) is 4.28. The Hall–Kier alpha value is -0.860. The quantitative estimate of drug-likeness (QED) is 0.861. The van der Waals surface area contributed by atoms with E-state index in [4.69, 9.17) is 0 Å². The number of hydrogen-bond acceptors (Lipinski definition) is 2. The first-order chi connectivity index (χ1) is 10.6. The van der Waals surface area contributed by atoms with Crippen molar-refractivity contribution in [3.63, 3.8) is 0 Å². The van der Waals surface area contributed by atoms with Crippen molar-refractivity contribution in [3.05, 3.63) is 35.4 Å². The Morgan fingerprint density at radius 1 is 0.818 bits per heavy atom. The van der Waals surface area contributed by atoms with Crippen LogP contribution in [0, 0.1) is 0 Å². The maximum absolute atomic E-state index is 10.9. The summed E-state index contributed by atoms with van der Waals surface area (Å²) in [5.74, 6) is 0. The van der Waals surface area contributed by atoms with E-state index in [1.165, 1.54) is 18.4 Å². The van der Waals surface area contributed by atoms with Gasteiger partial charge in [-0.1, -0.05) is 62.8 Å². The van der Waals surface area contributed by atoms with Gasteiger partial charge in [0, 0.05) is 0 Å². The number of rotatable bonds is 4. The summed E-state index contributed by atoms with van der Waals surface area (Å²) in [5, 5.41) is 21.5. The molecule has 0 saturated heterocycles. The first-order valence-corrected chi connectivity index (χ1v) is 9.14. The molecular weight excluding hydrogens is 272 g/mol. The molecule has 2 fully saturated rings. The van der Waals surface area contributed by atoms with Crippen LogP contribution in [0.25, 0.3) is 0 Å². The monoisotopic (exact) mass is 302 g/mol. The highest BCUT2D eigenvalue weighted by atomic mass is 16.3. The molecule has 2 aliphatic carbocycles. The Balaban J connectivity index is 1.66. The summed E-state index contributed by atoms with van der Waals surface area (Å²) in [7, 11) is 0. The third-order valence-corrected chi connectivity index (χ3v) is 5.81. The van der Waals surface area contributed by atoms with E-state index >= 15 is 0 Å². The van der Waals surface area contributed by atoms with Crippen LogP contribution in [-0.2, 0) is 12.0 Å². The molecule has 0 radical (unpaired) electrons. The molecule has 22 heavy (non-hydrogen) atoms. The van der Waals surface area contributed by atoms with Gasteiger partial charge in [0.05, 0.1) is 11.2 Å². The fourth-order valence-electron chi connectivity index (χ4n) is 4.28. The van der Waals surface area contributed by atoms with Gasteiger partial charge in [-0.25, -0.2) is 0 Å². The molecule has 0 bridgehead atoms. The van der Waals surface area contributed by atoms with Crippen molar-refractivity contribution in [2.45, 2.75) is 88.3 Å². The van der Waals surface area contributed by atoms with Gasteiger partial charge in [0.25, 0.3) is 0 Å². The highest BCUT2D eigenvalue weighted by Gasteiger charge is 2.32. The molecule has 3 rings (SSSR count). The molecule has 0 aliphatic heterocycles. The van der Waals surface area contributed by atoms with E-state index in [0.29, 0.717) is 0 Å². The molecule has 2 heteroatoms. The largest absolute Gasteiger partial charge is 0.390 e. The summed E-state index contributed by atoms with van der Waals surface area (Å²) in [4.78, 5) is 0. The highest BCUT2D eigenvalue weighted by Crippen LogP contribution is 2.37. The molecule has 2 N–H and O–H groups in total. The smallest absolute Gasteiger partial charge is 0.0896 e. The van der Waals surface area contributed by atoms with Crippen LogP contribution in [-0.4, -0.2) is 15.8 Å². The van der Waals surface area contributed by atoms with E-state index in [1.54, 1.807) is 0 Å². The Morgan fingerprint density at radius 2 is 1.45 bits per heavy atom. The lowest BCUT2D eigenvalue weighted by Crippen LogP contribution is -2.32. The number of benzene rings is 1. The van der Waals surface area contributed by atoms with Crippen molar-refractivity contribution in [1.29, 1.82) is 0 Å². The summed E-state index contributed by atoms with van der Waals surface area (Å²) in [6, 6.07) is 8.46. The van der Waals surface area contributed by atoms with Crippen LogP contribution in [0.5, 0.6) is 0 Å². The van der Waals surface area contributed by atoms with Crippen molar-refractivity contribution in [3.8, 4) is 0 Å².